The highest BCUT2D eigenvalue weighted by molar-refractivity contribution is 5.36. The van der Waals surface area contributed by atoms with Gasteiger partial charge in [-0.15, -0.1) is 0 Å². The van der Waals surface area contributed by atoms with Crippen molar-refractivity contribution in [3.05, 3.63) is 23.4 Å². The summed E-state index contributed by atoms with van der Waals surface area (Å²) in [7, 11) is 0. The lowest BCUT2D eigenvalue weighted by atomic mass is 9.89. The molecule has 0 aromatic carbocycles. The second-order valence-corrected chi connectivity index (χ2v) is 4.15. The molecule has 0 aliphatic heterocycles. The average molecular weight is 164 g/mol. The molecule has 1 rings (SSSR count). The minimum Gasteiger partial charge on any atom is -0.384 e. The molecule has 0 aliphatic rings. The average Bonchev–Trinajstić information content (AvgIpc) is 1.92. The summed E-state index contributed by atoms with van der Waals surface area (Å²) in [6.07, 6.45) is 0. The van der Waals surface area contributed by atoms with Gasteiger partial charge in [0.15, 0.2) is 0 Å². The van der Waals surface area contributed by atoms with Crippen molar-refractivity contribution in [1.82, 2.24) is 4.98 Å². The van der Waals surface area contributed by atoms with Crippen LogP contribution < -0.4 is 5.73 Å². The Balaban J connectivity index is 3.23. The van der Waals surface area contributed by atoms with Gasteiger partial charge in [-0.3, -0.25) is 0 Å². The minimum atomic E-state index is 0.0828. The van der Waals surface area contributed by atoms with Crippen molar-refractivity contribution >= 4 is 5.82 Å². The van der Waals surface area contributed by atoms with Gasteiger partial charge in [-0.2, -0.15) is 0 Å². The van der Waals surface area contributed by atoms with Crippen LogP contribution in [0.4, 0.5) is 5.82 Å². The number of nitrogens with two attached hydrogens (primary N) is 1. The second-order valence-electron chi connectivity index (χ2n) is 4.15. The van der Waals surface area contributed by atoms with Gasteiger partial charge in [0.25, 0.3) is 0 Å². The molecule has 0 unspecified atom stereocenters. The number of rotatable bonds is 0. The topological polar surface area (TPSA) is 38.9 Å². The highest BCUT2D eigenvalue weighted by Gasteiger charge is 2.17. The van der Waals surface area contributed by atoms with Crippen LogP contribution in [0.25, 0.3) is 0 Å². The van der Waals surface area contributed by atoms with E-state index in [0.717, 1.165) is 5.69 Å². The Hall–Kier alpha value is -1.05. The number of anilines is 1. The highest BCUT2D eigenvalue weighted by Crippen LogP contribution is 2.23. The van der Waals surface area contributed by atoms with E-state index >= 15 is 0 Å². The molecule has 2 heteroatoms. The van der Waals surface area contributed by atoms with Gasteiger partial charge in [0.2, 0.25) is 0 Å². The quantitative estimate of drug-likeness (QED) is 0.638. The fourth-order valence-electron chi connectivity index (χ4n) is 1.30. The molecule has 0 saturated heterocycles. The lowest BCUT2D eigenvalue weighted by Crippen LogP contribution is -2.16. The van der Waals surface area contributed by atoms with Crippen molar-refractivity contribution in [3.8, 4) is 0 Å². The van der Waals surface area contributed by atoms with Gasteiger partial charge in [-0.05, 0) is 18.6 Å². The van der Waals surface area contributed by atoms with Crippen LogP contribution in [0.3, 0.4) is 0 Å². The maximum atomic E-state index is 5.61. The lowest BCUT2D eigenvalue weighted by molar-refractivity contribution is 0.565. The summed E-state index contributed by atoms with van der Waals surface area (Å²) >= 11 is 0. The first-order valence-electron chi connectivity index (χ1n) is 4.15. The summed E-state index contributed by atoms with van der Waals surface area (Å²) in [5.74, 6) is 0.602. The van der Waals surface area contributed by atoms with Gasteiger partial charge in [0.1, 0.15) is 5.82 Å². The molecule has 1 heterocycles. The van der Waals surface area contributed by atoms with Gasteiger partial charge < -0.3 is 5.73 Å². The first-order valence-corrected chi connectivity index (χ1v) is 4.15. The molecule has 66 valence electrons. The molecule has 0 fully saturated rings. The van der Waals surface area contributed by atoms with Crippen molar-refractivity contribution in [2.75, 3.05) is 5.73 Å². The molecule has 0 amide bonds. The van der Waals surface area contributed by atoms with Crippen LogP contribution >= 0.6 is 0 Å². The van der Waals surface area contributed by atoms with E-state index in [2.05, 4.69) is 32.7 Å². The fourth-order valence-corrected chi connectivity index (χ4v) is 1.30. The number of aromatic nitrogens is 1. The predicted molar refractivity (Wildman–Crippen MR) is 52.1 cm³/mol. The monoisotopic (exact) mass is 164 g/mol. The van der Waals surface area contributed by atoms with Crippen LogP contribution in [0, 0.1) is 6.92 Å². The van der Waals surface area contributed by atoms with Crippen LogP contribution in [0.2, 0.25) is 0 Å². The zero-order valence-electron chi connectivity index (χ0n) is 8.18. The molecular weight excluding hydrogens is 148 g/mol. The summed E-state index contributed by atoms with van der Waals surface area (Å²) < 4.78 is 0. The third-order valence-electron chi connectivity index (χ3n) is 1.83. The smallest absolute Gasteiger partial charge is 0.123 e. The normalized spacial score (nSPS) is 11.7. The summed E-state index contributed by atoms with van der Waals surface area (Å²) in [6.45, 7) is 8.48. The molecule has 0 bridgehead atoms. The van der Waals surface area contributed by atoms with E-state index in [1.165, 1.54) is 5.56 Å². The number of pyridine rings is 1. The summed E-state index contributed by atoms with van der Waals surface area (Å²) in [5, 5.41) is 0. The fraction of sp³-hybridized carbons (Fsp3) is 0.500. The molecule has 2 nitrogen and oxygen atoms in total. The number of aryl methyl sites for hydroxylation is 1. The summed E-state index contributed by atoms with van der Waals surface area (Å²) in [6, 6.07) is 3.85. The van der Waals surface area contributed by atoms with E-state index in [9.17, 15) is 0 Å². The Morgan fingerprint density at radius 1 is 1.25 bits per heavy atom. The summed E-state index contributed by atoms with van der Waals surface area (Å²) in [5.41, 5.74) is 7.99. The third-order valence-corrected chi connectivity index (χ3v) is 1.83. The molecule has 2 N–H and O–H groups in total. The van der Waals surface area contributed by atoms with Gasteiger partial charge in [-0.1, -0.05) is 26.8 Å². The number of hydrogen-bond donors (Lipinski definition) is 1. The molecule has 0 saturated carbocycles. The third kappa shape index (κ3) is 1.76. The first kappa shape index (κ1) is 9.04. The SMILES string of the molecule is Cc1ccc(N)nc1C(C)(C)C. The first-order chi connectivity index (χ1) is 5.41. The highest BCUT2D eigenvalue weighted by atomic mass is 14.8. The van der Waals surface area contributed by atoms with Crippen LogP contribution in [0.5, 0.6) is 0 Å². The van der Waals surface area contributed by atoms with E-state index < -0.39 is 0 Å². The van der Waals surface area contributed by atoms with E-state index in [0.29, 0.717) is 5.82 Å². The number of hydrogen-bond acceptors (Lipinski definition) is 2. The van der Waals surface area contributed by atoms with Gasteiger partial charge >= 0.3 is 0 Å². The van der Waals surface area contributed by atoms with Crippen molar-refractivity contribution in [2.45, 2.75) is 33.1 Å². The molecule has 1 aromatic rings. The van der Waals surface area contributed by atoms with Crippen LogP contribution in [0.1, 0.15) is 32.0 Å². The zero-order chi connectivity index (χ0) is 9.35. The van der Waals surface area contributed by atoms with Crippen LogP contribution in [-0.4, -0.2) is 4.98 Å². The standard InChI is InChI=1S/C10H16N2/c1-7-5-6-8(11)12-9(7)10(2,3)4/h5-6H,1-4H3,(H2,11,12). The number of nitrogen functional groups attached to an aromatic ring is 1. The molecule has 1 aromatic heterocycles. The van der Waals surface area contributed by atoms with Crippen molar-refractivity contribution in [1.29, 1.82) is 0 Å². The van der Waals surface area contributed by atoms with Crippen molar-refractivity contribution < 1.29 is 0 Å². The molecule has 0 aliphatic carbocycles. The largest absolute Gasteiger partial charge is 0.384 e. The predicted octanol–water partition coefficient (Wildman–Crippen LogP) is 2.27. The Labute approximate surface area is 73.8 Å². The molecule has 0 spiro atoms. The van der Waals surface area contributed by atoms with E-state index in [4.69, 9.17) is 5.73 Å². The van der Waals surface area contributed by atoms with Gasteiger partial charge in [0, 0.05) is 5.41 Å². The second kappa shape index (κ2) is 2.77. The minimum absolute atomic E-state index is 0.0828. The Bertz CT molecular complexity index is 284. The molecular formula is C10H16N2. The maximum absolute atomic E-state index is 5.61. The Morgan fingerprint density at radius 3 is 2.25 bits per heavy atom. The van der Waals surface area contributed by atoms with E-state index in [-0.39, 0.29) is 5.41 Å². The lowest BCUT2D eigenvalue weighted by Gasteiger charge is -2.20. The van der Waals surface area contributed by atoms with Crippen molar-refractivity contribution in [3.63, 3.8) is 0 Å². The van der Waals surface area contributed by atoms with Gasteiger partial charge in [0.05, 0.1) is 5.69 Å². The molecule has 12 heavy (non-hydrogen) atoms. The van der Waals surface area contributed by atoms with Crippen molar-refractivity contribution in [2.24, 2.45) is 0 Å². The Morgan fingerprint density at radius 2 is 1.83 bits per heavy atom. The number of nitrogens with zero attached hydrogens (tertiary/aromatic N) is 1. The van der Waals surface area contributed by atoms with E-state index in [1.54, 1.807) is 0 Å². The molecule has 0 atom stereocenters. The van der Waals surface area contributed by atoms with Gasteiger partial charge in [-0.25, -0.2) is 4.98 Å². The maximum Gasteiger partial charge on any atom is 0.123 e. The Kier molecular flexibility index (Phi) is 2.09. The molecule has 0 radical (unpaired) electrons. The van der Waals surface area contributed by atoms with E-state index in [1.807, 2.05) is 12.1 Å². The van der Waals surface area contributed by atoms with Crippen LogP contribution in [-0.2, 0) is 5.41 Å². The van der Waals surface area contributed by atoms with Crippen LogP contribution in [0.15, 0.2) is 12.1 Å². The zero-order valence-corrected chi connectivity index (χ0v) is 8.18. The summed E-state index contributed by atoms with van der Waals surface area (Å²) in [4.78, 5) is 4.32.